The minimum atomic E-state index is 0.608. The van der Waals surface area contributed by atoms with E-state index in [2.05, 4.69) is 10.3 Å². The number of nitrogens with two attached hydrogens (primary N) is 1. The van der Waals surface area contributed by atoms with Crippen LogP contribution < -0.4 is 11.1 Å². The van der Waals surface area contributed by atoms with E-state index in [-0.39, 0.29) is 0 Å². The van der Waals surface area contributed by atoms with E-state index >= 15 is 0 Å². The topological polar surface area (TPSA) is 50.9 Å². The Kier molecular flexibility index (Phi) is 2.23. The van der Waals surface area contributed by atoms with E-state index in [1.807, 2.05) is 19.2 Å². The van der Waals surface area contributed by atoms with Gasteiger partial charge in [0.2, 0.25) is 0 Å². The number of anilines is 1. The Hall–Kier alpha value is -1.09. The Balaban J connectivity index is 2.81. The Morgan fingerprint density at radius 3 is 3.10 bits per heavy atom. The molecule has 1 rings (SSSR count). The summed E-state index contributed by atoms with van der Waals surface area (Å²) < 4.78 is 0. The average molecular weight is 137 g/mol. The van der Waals surface area contributed by atoms with Crippen molar-refractivity contribution in [3.63, 3.8) is 0 Å². The summed E-state index contributed by atoms with van der Waals surface area (Å²) in [6.07, 6.45) is 1.69. The van der Waals surface area contributed by atoms with Crippen LogP contribution in [0.1, 0.15) is 5.56 Å². The van der Waals surface area contributed by atoms with Crippen LogP contribution in [0.3, 0.4) is 0 Å². The molecule has 54 valence electrons. The van der Waals surface area contributed by atoms with Crippen molar-refractivity contribution in [1.29, 1.82) is 0 Å². The summed E-state index contributed by atoms with van der Waals surface area (Å²) in [6, 6.07) is 3.84. The molecule has 0 fully saturated rings. The first-order valence-corrected chi connectivity index (χ1v) is 3.18. The van der Waals surface area contributed by atoms with Gasteiger partial charge in [0, 0.05) is 18.3 Å². The van der Waals surface area contributed by atoms with E-state index < -0.39 is 0 Å². The molecular weight excluding hydrogens is 126 g/mol. The molecule has 3 nitrogen and oxygen atoms in total. The quantitative estimate of drug-likeness (QED) is 0.619. The van der Waals surface area contributed by atoms with Gasteiger partial charge >= 0.3 is 0 Å². The lowest BCUT2D eigenvalue weighted by Gasteiger charge is -2.00. The van der Waals surface area contributed by atoms with Gasteiger partial charge < -0.3 is 11.1 Å². The summed E-state index contributed by atoms with van der Waals surface area (Å²) in [5.74, 6) is 0.608. The van der Waals surface area contributed by atoms with Gasteiger partial charge in [-0.2, -0.15) is 0 Å². The summed E-state index contributed by atoms with van der Waals surface area (Å²) in [4.78, 5) is 3.94. The molecule has 10 heavy (non-hydrogen) atoms. The summed E-state index contributed by atoms with van der Waals surface area (Å²) in [5, 5.41) is 3.00. The number of nitrogens with zero attached hydrogens (tertiary/aromatic N) is 1. The van der Waals surface area contributed by atoms with Gasteiger partial charge in [-0.25, -0.2) is 4.98 Å². The first-order valence-electron chi connectivity index (χ1n) is 3.18. The van der Waals surface area contributed by atoms with Crippen LogP contribution in [0.4, 0.5) is 5.82 Å². The van der Waals surface area contributed by atoms with Crippen LogP contribution >= 0.6 is 0 Å². The number of nitrogens with one attached hydrogen (secondary N) is 1. The van der Waals surface area contributed by atoms with Crippen molar-refractivity contribution in [3.8, 4) is 0 Å². The number of aromatic nitrogens is 1. The van der Waals surface area contributed by atoms with Crippen molar-refractivity contribution in [1.82, 2.24) is 10.3 Å². The fraction of sp³-hybridized carbons (Fsp3) is 0.286. The molecule has 3 heteroatoms. The third kappa shape index (κ3) is 1.45. The van der Waals surface area contributed by atoms with Crippen LogP contribution in [0.2, 0.25) is 0 Å². The maximum Gasteiger partial charge on any atom is 0.127 e. The molecule has 1 aromatic heterocycles. The molecule has 0 aliphatic carbocycles. The normalized spacial score (nSPS) is 9.70. The maximum atomic E-state index is 5.56. The predicted molar refractivity (Wildman–Crippen MR) is 41.4 cm³/mol. The molecule has 0 aromatic carbocycles. The van der Waals surface area contributed by atoms with Crippen LogP contribution in [0.15, 0.2) is 18.3 Å². The van der Waals surface area contributed by atoms with Gasteiger partial charge in [0.25, 0.3) is 0 Å². The van der Waals surface area contributed by atoms with Gasteiger partial charge in [-0.15, -0.1) is 0 Å². The fourth-order valence-corrected chi connectivity index (χ4v) is 0.791. The second kappa shape index (κ2) is 3.17. The SMILES string of the molecule is CNCc1cccnc1N. The molecule has 0 aliphatic heterocycles. The molecule has 0 saturated carbocycles. The highest BCUT2D eigenvalue weighted by atomic mass is 14.9. The van der Waals surface area contributed by atoms with E-state index in [1.165, 1.54) is 0 Å². The van der Waals surface area contributed by atoms with Gasteiger partial charge in [0.15, 0.2) is 0 Å². The fourth-order valence-electron chi connectivity index (χ4n) is 0.791. The first-order chi connectivity index (χ1) is 4.84. The van der Waals surface area contributed by atoms with Crippen molar-refractivity contribution < 1.29 is 0 Å². The third-order valence-electron chi connectivity index (χ3n) is 1.29. The van der Waals surface area contributed by atoms with E-state index in [4.69, 9.17) is 5.73 Å². The number of nitrogen functional groups attached to an aromatic ring is 1. The minimum Gasteiger partial charge on any atom is -0.383 e. The van der Waals surface area contributed by atoms with Gasteiger partial charge in [0.05, 0.1) is 0 Å². The Bertz CT molecular complexity index is 210. The molecule has 3 N–H and O–H groups in total. The largest absolute Gasteiger partial charge is 0.383 e. The third-order valence-corrected chi connectivity index (χ3v) is 1.29. The first kappa shape index (κ1) is 7.02. The molecule has 0 saturated heterocycles. The van der Waals surface area contributed by atoms with E-state index in [0.717, 1.165) is 12.1 Å². The van der Waals surface area contributed by atoms with Crippen molar-refractivity contribution in [2.75, 3.05) is 12.8 Å². The zero-order valence-corrected chi connectivity index (χ0v) is 5.96. The lowest BCUT2D eigenvalue weighted by Crippen LogP contribution is -2.08. The van der Waals surface area contributed by atoms with Crippen molar-refractivity contribution in [2.45, 2.75) is 6.54 Å². The van der Waals surface area contributed by atoms with Gasteiger partial charge in [-0.05, 0) is 13.1 Å². The summed E-state index contributed by atoms with van der Waals surface area (Å²) >= 11 is 0. The highest BCUT2D eigenvalue weighted by Gasteiger charge is 1.94. The molecular formula is C7H11N3. The van der Waals surface area contributed by atoms with Crippen LogP contribution in [0, 0.1) is 0 Å². The lowest BCUT2D eigenvalue weighted by atomic mass is 10.2. The second-order valence-corrected chi connectivity index (χ2v) is 2.08. The predicted octanol–water partition coefficient (Wildman–Crippen LogP) is 0.383. The van der Waals surface area contributed by atoms with Crippen molar-refractivity contribution >= 4 is 5.82 Å². The van der Waals surface area contributed by atoms with Gasteiger partial charge in [-0.3, -0.25) is 0 Å². The molecule has 0 radical (unpaired) electrons. The molecule has 0 atom stereocenters. The average Bonchev–Trinajstić information content (AvgIpc) is 1.94. The van der Waals surface area contributed by atoms with E-state index in [1.54, 1.807) is 6.20 Å². The van der Waals surface area contributed by atoms with E-state index in [0.29, 0.717) is 5.82 Å². The number of rotatable bonds is 2. The molecule has 0 unspecified atom stereocenters. The minimum absolute atomic E-state index is 0.608. The van der Waals surface area contributed by atoms with Crippen LogP contribution in [-0.2, 0) is 6.54 Å². The molecule has 0 aliphatic rings. The van der Waals surface area contributed by atoms with E-state index in [9.17, 15) is 0 Å². The number of hydrogen-bond donors (Lipinski definition) is 2. The Labute approximate surface area is 60.3 Å². The van der Waals surface area contributed by atoms with Crippen LogP contribution in [0.25, 0.3) is 0 Å². The smallest absolute Gasteiger partial charge is 0.127 e. The van der Waals surface area contributed by atoms with Gasteiger partial charge in [0.1, 0.15) is 5.82 Å². The Morgan fingerprint density at radius 2 is 2.50 bits per heavy atom. The molecule has 0 bridgehead atoms. The summed E-state index contributed by atoms with van der Waals surface area (Å²) in [7, 11) is 1.88. The van der Waals surface area contributed by atoms with Crippen molar-refractivity contribution in [2.24, 2.45) is 0 Å². The molecule has 1 aromatic rings. The molecule has 0 amide bonds. The molecule has 1 heterocycles. The zero-order chi connectivity index (χ0) is 7.40. The zero-order valence-electron chi connectivity index (χ0n) is 5.96. The monoisotopic (exact) mass is 137 g/mol. The second-order valence-electron chi connectivity index (χ2n) is 2.08. The number of pyridine rings is 1. The highest BCUT2D eigenvalue weighted by molar-refractivity contribution is 5.37. The van der Waals surface area contributed by atoms with Crippen LogP contribution in [-0.4, -0.2) is 12.0 Å². The van der Waals surface area contributed by atoms with Crippen LogP contribution in [0.5, 0.6) is 0 Å². The van der Waals surface area contributed by atoms with Gasteiger partial charge in [-0.1, -0.05) is 6.07 Å². The number of hydrogen-bond acceptors (Lipinski definition) is 3. The lowest BCUT2D eigenvalue weighted by molar-refractivity contribution is 0.816. The Morgan fingerprint density at radius 1 is 1.70 bits per heavy atom. The molecule has 0 spiro atoms. The highest BCUT2D eigenvalue weighted by Crippen LogP contribution is 2.04. The maximum absolute atomic E-state index is 5.56. The summed E-state index contributed by atoms with van der Waals surface area (Å²) in [6.45, 7) is 0.777. The standard InChI is InChI=1S/C7H11N3/c1-9-5-6-3-2-4-10-7(6)8/h2-4,9H,5H2,1H3,(H2,8,10). The summed E-state index contributed by atoms with van der Waals surface area (Å²) in [5.41, 5.74) is 6.60. The van der Waals surface area contributed by atoms with Crippen molar-refractivity contribution in [3.05, 3.63) is 23.9 Å².